The van der Waals surface area contributed by atoms with Crippen molar-refractivity contribution >= 4 is 11.3 Å². The van der Waals surface area contributed by atoms with Crippen molar-refractivity contribution in [1.82, 2.24) is 15.3 Å². The summed E-state index contributed by atoms with van der Waals surface area (Å²) >= 11 is 1.68. The van der Waals surface area contributed by atoms with Crippen LogP contribution in [-0.2, 0) is 13.0 Å². The molecule has 0 saturated carbocycles. The summed E-state index contributed by atoms with van der Waals surface area (Å²) in [7, 11) is 1.91. The summed E-state index contributed by atoms with van der Waals surface area (Å²) in [6.45, 7) is 5.40. The average Bonchev–Trinajstić information content (AvgIpc) is 2.78. The quantitative estimate of drug-likeness (QED) is 0.881. The Morgan fingerprint density at radius 1 is 1.32 bits per heavy atom. The third kappa shape index (κ3) is 3.75. The second kappa shape index (κ2) is 6.63. The first-order chi connectivity index (χ1) is 9.20. The first kappa shape index (κ1) is 14.0. The third-order valence-corrected chi connectivity index (χ3v) is 3.84. The number of rotatable bonds is 6. The Bertz CT molecular complexity index is 539. The van der Waals surface area contributed by atoms with Gasteiger partial charge in [0.1, 0.15) is 5.75 Å². The largest absolute Gasteiger partial charge is 0.491 e. The minimum Gasteiger partial charge on any atom is -0.491 e. The van der Waals surface area contributed by atoms with Gasteiger partial charge < -0.3 is 10.1 Å². The summed E-state index contributed by atoms with van der Waals surface area (Å²) in [6, 6.07) is 3.97. The van der Waals surface area contributed by atoms with Crippen molar-refractivity contribution in [3.63, 3.8) is 0 Å². The van der Waals surface area contributed by atoms with E-state index < -0.39 is 0 Å². The summed E-state index contributed by atoms with van der Waals surface area (Å²) in [5.41, 5.74) is 4.95. The van der Waals surface area contributed by atoms with Crippen molar-refractivity contribution in [2.75, 3.05) is 13.7 Å². The monoisotopic (exact) mass is 277 g/mol. The van der Waals surface area contributed by atoms with Crippen molar-refractivity contribution in [3.05, 3.63) is 39.6 Å². The predicted octanol–water partition coefficient (Wildman–Crippen LogP) is 2.50. The van der Waals surface area contributed by atoms with Gasteiger partial charge in [0.25, 0.3) is 0 Å². The van der Waals surface area contributed by atoms with Crippen LogP contribution >= 0.6 is 11.3 Å². The fraction of sp³-hybridized carbons (Fsp3) is 0.429. The molecule has 2 aromatic heterocycles. The minimum atomic E-state index is 0.657. The minimum absolute atomic E-state index is 0.657. The van der Waals surface area contributed by atoms with Crippen LogP contribution in [0.5, 0.6) is 5.75 Å². The van der Waals surface area contributed by atoms with E-state index in [0.717, 1.165) is 35.8 Å². The molecule has 2 rings (SSSR count). The molecule has 0 aromatic carbocycles. The van der Waals surface area contributed by atoms with Gasteiger partial charge in [-0.2, -0.15) is 0 Å². The lowest BCUT2D eigenvalue weighted by molar-refractivity contribution is 0.316. The van der Waals surface area contributed by atoms with Crippen LogP contribution in [0.1, 0.15) is 22.0 Å². The zero-order valence-electron chi connectivity index (χ0n) is 11.6. The van der Waals surface area contributed by atoms with Crippen molar-refractivity contribution in [2.24, 2.45) is 0 Å². The molecule has 0 bridgehead atoms. The fourth-order valence-electron chi connectivity index (χ4n) is 1.84. The van der Waals surface area contributed by atoms with E-state index in [1.165, 1.54) is 4.88 Å². The SMILES string of the molecule is CNCc1nc(C)ccc1OCCc1scnc1C. The molecule has 0 amide bonds. The van der Waals surface area contributed by atoms with Crippen LogP contribution in [0.4, 0.5) is 0 Å². The highest BCUT2D eigenvalue weighted by atomic mass is 32.1. The Hall–Kier alpha value is -1.46. The maximum absolute atomic E-state index is 5.85. The van der Waals surface area contributed by atoms with Crippen LogP contribution in [0, 0.1) is 13.8 Å². The van der Waals surface area contributed by atoms with Gasteiger partial charge in [-0.1, -0.05) is 0 Å². The van der Waals surface area contributed by atoms with E-state index in [-0.39, 0.29) is 0 Å². The molecule has 0 saturated heterocycles. The first-order valence-corrected chi connectivity index (χ1v) is 7.21. The molecule has 0 radical (unpaired) electrons. The fourth-order valence-corrected chi connectivity index (χ4v) is 2.61. The number of aryl methyl sites for hydroxylation is 2. The normalized spacial score (nSPS) is 10.7. The summed E-state index contributed by atoms with van der Waals surface area (Å²) in [5.74, 6) is 0.863. The van der Waals surface area contributed by atoms with Crippen molar-refractivity contribution in [3.8, 4) is 5.75 Å². The zero-order chi connectivity index (χ0) is 13.7. The van der Waals surface area contributed by atoms with Gasteiger partial charge in [-0.05, 0) is 33.0 Å². The smallest absolute Gasteiger partial charge is 0.142 e. The van der Waals surface area contributed by atoms with Gasteiger partial charge in [-0.15, -0.1) is 11.3 Å². The lowest BCUT2D eigenvalue weighted by Gasteiger charge is -2.11. The van der Waals surface area contributed by atoms with E-state index in [4.69, 9.17) is 4.74 Å². The van der Waals surface area contributed by atoms with Gasteiger partial charge >= 0.3 is 0 Å². The maximum Gasteiger partial charge on any atom is 0.142 e. The number of nitrogens with zero attached hydrogens (tertiary/aromatic N) is 2. The number of hydrogen-bond donors (Lipinski definition) is 1. The number of aromatic nitrogens is 2. The number of nitrogens with one attached hydrogen (secondary N) is 1. The Morgan fingerprint density at radius 3 is 2.84 bits per heavy atom. The van der Waals surface area contributed by atoms with Gasteiger partial charge in [0.15, 0.2) is 0 Å². The molecule has 19 heavy (non-hydrogen) atoms. The molecule has 0 aliphatic carbocycles. The molecule has 0 aliphatic rings. The number of hydrogen-bond acceptors (Lipinski definition) is 5. The van der Waals surface area contributed by atoms with Gasteiger partial charge in [0.05, 0.1) is 23.5 Å². The molecule has 4 nitrogen and oxygen atoms in total. The molecule has 1 N–H and O–H groups in total. The highest BCUT2D eigenvalue weighted by Gasteiger charge is 2.06. The number of ether oxygens (including phenoxy) is 1. The van der Waals surface area contributed by atoms with E-state index in [2.05, 4.69) is 15.3 Å². The van der Waals surface area contributed by atoms with Crippen molar-refractivity contribution in [1.29, 1.82) is 0 Å². The van der Waals surface area contributed by atoms with Gasteiger partial charge in [0.2, 0.25) is 0 Å². The second-order valence-electron chi connectivity index (χ2n) is 4.39. The average molecular weight is 277 g/mol. The Labute approximate surface area is 117 Å². The number of thiazole rings is 1. The van der Waals surface area contributed by atoms with E-state index >= 15 is 0 Å². The summed E-state index contributed by atoms with van der Waals surface area (Å²) in [6.07, 6.45) is 0.892. The lowest BCUT2D eigenvalue weighted by atomic mass is 10.2. The van der Waals surface area contributed by atoms with Gasteiger partial charge in [0, 0.05) is 23.5 Å². The Balaban J connectivity index is 1.97. The van der Waals surface area contributed by atoms with Crippen molar-refractivity contribution in [2.45, 2.75) is 26.8 Å². The Kier molecular flexibility index (Phi) is 4.87. The molecule has 2 aromatic rings. The van der Waals surface area contributed by atoms with E-state index in [9.17, 15) is 0 Å². The van der Waals surface area contributed by atoms with E-state index in [0.29, 0.717) is 6.61 Å². The standard InChI is InChI=1S/C14H19N3OS/c1-10-4-5-13(12(17-10)8-15-3)18-7-6-14-11(2)16-9-19-14/h4-5,9,15H,6-8H2,1-3H3. The topological polar surface area (TPSA) is 47.0 Å². The molecule has 5 heteroatoms. The summed E-state index contributed by atoms with van der Waals surface area (Å²) < 4.78 is 5.85. The van der Waals surface area contributed by atoms with Crippen LogP contribution in [0.3, 0.4) is 0 Å². The maximum atomic E-state index is 5.85. The molecular weight excluding hydrogens is 258 g/mol. The molecule has 0 spiro atoms. The van der Waals surface area contributed by atoms with Crippen LogP contribution in [0.25, 0.3) is 0 Å². The third-order valence-electron chi connectivity index (χ3n) is 2.85. The molecule has 0 fully saturated rings. The molecule has 0 atom stereocenters. The van der Waals surface area contributed by atoms with Crippen LogP contribution in [-0.4, -0.2) is 23.6 Å². The molecule has 102 valence electrons. The second-order valence-corrected chi connectivity index (χ2v) is 5.33. The van der Waals surface area contributed by atoms with E-state index in [1.807, 2.05) is 38.5 Å². The summed E-state index contributed by atoms with van der Waals surface area (Å²) in [4.78, 5) is 10.0. The molecule has 0 aliphatic heterocycles. The van der Waals surface area contributed by atoms with Crippen LogP contribution in [0.2, 0.25) is 0 Å². The Morgan fingerprint density at radius 2 is 2.16 bits per heavy atom. The van der Waals surface area contributed by atoms with Crippen LogP contribution in [0.15, 0.2) is 17.6 Å². The highest BCUT2D eigenvalue weighted by molar-refractivity contribution is 7.09. The van der Waals surface area contributed by atoms with Gasteiger partial charge in [-0.3, -0.25) is 4.98 Å². The molecular formula is C14H19N3OS. The van der Waals surface area contributed by atoms with E-state index in [1.54, 1.807) is 11.3 Å². The summed E-state index contributed by atoms with van der Waals surface area (Å²) in [5, 5.41) is 3.11. The zero-order valence-corrected chi connectivity index (χ0v) is 12.4. The molecule has 2 heterocycles. The highest BCUT2D eigenvalue weighted by Crippen LogP contribution is 2.18. The predicted molar refractivity (Wildman–Crippen MR) is 77.8 cm³/mol. The molecule has 0 unspecified atom stereocenters. The van der Waals surface area contributed by atoms with Crippen LogP contribution < -0.4 is 10.1 Å². The van der Waals surface area contributed by atoms with Gasteiger partial charge in [-0.25, -0.2) is 4.98 Å². The lowest BCUT2D eigenvalue weighted by Crippen LogP contribution is -2.11. The number of pyridine rings is 1. The first-order valence-electron chi connectivity index (χ1n) is 6.33. The van der Waals surface area contributed by atoms with Crippen molar-refractivity contribution < 1.29 is 4.74 Å².